The molecule has 0 aromatic carbocycles. The van der Waals surface area contributed by atoms with Gasteiger partial charge in [-0.1, -0.05) is 37.5 Å². The van der Waals surface area contributed by atoms with E-state index in [1.165, 1.54) is 68.6 Å². The van der Waals surface area contributed by atoms with Gasteiger partial charge in [0.1, 0.15) is 12.3 Å². The predicted octanol–water partition coefficient (Wildman–Crippen LogP) is 7.40. The van der Waals surface area contributed by atoms with E-state index < -0.39 is 12.3 Å². The van der Waals surface area contributed by atoms with Gasteiger partial charge in [0.15, 0.2) is 0 Å². The van der Waals surface area contributed by atoms with E-state index in [1.54, 1.807) is 5.57 Å². The van der Waals surface area contributed by atoms with E-state index in [0.29, 0.717) is 29.8 Å². The molecule has 2 heterocycles. The Morgan fingerprint density at radius 2 is 1.79 bits per heavy atom. The summed E-state index contributed by atoms with van der Waals surface area (Å²) in [5.74, 6) is 2.32. The number of hydrogen-bond donors (Lipinski definition) is 3. The van der Waals surface area contributed by atoms with Crippen LogP contribution in [0.15, 0.2) is 34.1 Å². The van der Waals surface area contributed by atoms with Crippen LogP contribution >= 0.6 is 0 Å². The number of alkyl halides is 2. The van der Waals surface area contributed by atoms with Crippen LogP contribution in [0.25, 0.3) is 0 Å². The third kappa shape index (κ3) is 7.88. The van der Waals surface area contributed by atoms with Gasteiger partial charge in [0.2, 0.25) is 0 Å². The first-order chi connectivity index (χ1) is 20.3. The van der Waals surface area contributed by atoms with E-state index in [9.17, 15) is 13.9 Å². The van der Waals surface area contributed by atoms with Crippen molar-refractivity contribution in [2.75, 3.05) is 26.2 Å². The van der Waals surface area contributed by atoms with Crippen LogP contribution < -0.4 is 10.6 Å². The van der Waals surface area contributed by atoms with Gasteiger partial charge in [0.25, 0.3) is 0 Å². The molecule has 7 atom stereocenters. The molecule has 0 aromatic heterocycles. The molecule has 3 N–H and O–H groups in total. The van der Waals surface area contributed by atoms with Gasteiger partial charge in [-0.05, 0) is 120 Å². The van der Waals surface area contributed by atoms with Crippen molar-refractivity contribution in [2.24, 2.45) is 23.7 Å². The van der Waals surface area contributed by atoms with E-state index in [2.05, 4.69) is 42.4 Å². The number of aliphatic hydroxyl groups is 1. The zero-order chi connectivity index (χ0) is 29.8. The largest absolute Gasteiger partial charge is 0.393 e. The molecular formula is C36H59F2N3O. The second kappa shape index (κ2) is 14.7. The topological polar surface area (TPSA) is 47.5 Å². The van der Waals surface area contributed by atoms with Gasteiger partial charge in [-0.15, -0.1) is 0 Å². The van der Waals surface area contributed by atoms with Crippen LogP contribution in [0, 0.1) is 23.7 Å². The summed E-state index contributed by atoms with van der Waals surface area (Å²) in [5.41, 5.74) is 7.09. The summed E-state index contributed by atoms with van der Waals surface area (Å²) in [6, 6.07) is 0.918. The van der Waals surface area contributed by atoms with Crippen LogP contribution in [0.2, 0.25) is 0 Å². The van der Waals surface area contributed by atoms with E-state index in [1.807, 2.05) is 6.92 Å². The third-order valence-corrected chi connectivity index (χ3v) is 11.3. The van der Waals surface area contributed by atoms with Crippen LogP contribution in [0.5, 0.6) is 0 Å². The number of nitrogens with zero attached hydrogens (tertiary/aromatic N) is 1. The molecule has 0 spiro atoms. The molecule has 0 bridgehead atoms. The molecule has 1 saturated heterocycles. The van der Waals surface area contributed by atoms with Crippen molar-refractivity contribution in [3.8, 4) is 0 Å². The van der Waals surface area contributed by atoms with Crippen LogP contribution in [0.3, 0.4) is 0 Å². The maximum atomic E-state index is 14.5. The standard InChI is InChI=1S/C36H59F2N3O/c1-5-7-28-18-25(19-32(27-8-9-27)36(28)29-10-11-33(37)34(38)21-29)22-41-16-13-30(14-17-41)39-15-12-35-26(6-2)20-31(24(4)42)23(3)40-35/h10,23-25,27,30-34,39-40,42H,5-9,11-22H2,1-4H3/t23?,24?,25-,31-,32+,33-,34+/m0/s1. The second-order valence-electron chi connectivity index (χ2n) is 14.5. The lowest BCUT2D eigenvalue weighted by Gasteiger charge is -2.40. The van der Waals surface area contributed by atoms with E-state index in [-0.39, 0.29) is 18.9 Å². The first kappa shape index (κ1) is 32.2. The fraction of sp³-hybridized carbons (Fsp3) is 0.833. The molecule has 2 fully saturated rings. The number of hydrogen-bond acceptors (Lipinski definition) is 4. The van der Waals surface area contributed by atoms with Crippen molar-refractivity contribution < 1.29 is 13.9 Å². The lowest BCUT2D eigenvalue weighted by molar-refractivity contribution is 0.100. The molecule has 0 radical (unpaired) electrons. The number of likely N-dealkylation sites (tertiary alicyclic amines) is 1. The molecule has 238 valence electrons. The fourth-order valence-electron chi connectivity index (χ4n) is 8.74. The molecule has 2 aliphatic heterocycles. The summed E-state index contributed by atoms with van der Waals surface area (Å²) in [6.45, 7) is 13.2. The molecule has 5 aliphatic rings. The van der Waals surface area contributed by atoms with Gasteiger partial charge in [0, 0.05) is 49.6 Å². The first-order valence-corrected chi connectivity index (χ1v) is 17.6. The van der Waals surface area contributed by atoms with Crippen molar-refractivity contribution in [3.63, 3.8) is 0 Å². The molecule has 42 heavy (non-hydrogen) atoms. The Labute approximate surface area is 254 Å². The lowest BCUT2D eigenvalue weighted by atomic mass is 9.69. The van der Waals surface area contributed by atoms with Crippen molar-refractivity contribution in [1.82, 2.24) is 15.5 Å². The van der Waals surface area contributed by atoms with Crippen molar-refractivity contribution in [1.29, 1.82) is 0 Å². The van der Waals surface area contributed by atoms with Crippen molar-refractivity contribution in [2.45, 2.75) is 142 Å². The van der Waals surface area contributed by atoms with Crippen molar-refractivity contribution in [3.05, 3.63) is 34.1 Å². The zero-order valence-electron chi connectivity index (χ0n) is 26.9. The molecule has 2 unspecified atom stereocenters. The summed E-state index contributed by atoms with van der Waals surface area (Å²) in [6.07, 6.45) is 12.4. The molecule has 0 amide bonds. The average Bonchev–Trinajstić information content (AvgIpc) is 3.81. The monoisotopic (exact) mass is 587 g/mol. The van der Waals surface area contributed by atoms with Crippen LogP contribution in [0.4, 0.5) is 8.78 Å². The second-order valence-corrected chi connectivity index (χ2v) is 14.5. The average molecular weight is 588 g/mol. The van der Waals surface area contributed by atoms with Crippen LogP contribution in [-0.2, 0) is 0 Å². The minimum Gasteiger partial charge on any atom is -0.393 e. The Balaban J connectivity index is 1.12. The minimum absolute atomic E-state index is 0.250. The lowest BCUT2D eigenvalue weighted by Crippen LogP contribution is -2.46. The van der Waals surface area contributed by atoms with Gasteiger partial charge >= 0.3 is 0 Å². The Hall–Kier alpha value is -1.24. The third-order valence-electron chi connectivity index (χ3n) is 11.3. The number of piperidine rings is 1. The molecule has 1 saturated carbocycles. The summed E-state index contributed by atoms with van der Waals surface area (Å²) >= 11 is 0. The van der Waals surface area contributed by atoms with Gasteiger partial charge in [-0.25, -0.2) is 8.78 Å². The zero-order valence-corrected chi connectivity index (χ0v) is 26.9. The Morgan fingerprint density at radius 3 is 2.43 bits per heavy atom. The maximum Gasteiger partial charge on any atom is 0.135 e. The van der Waals surface area contributed by atoms with Gasteiger partial charge in [-0.2, -0.15) is 0 Å². The first-order valence-electron chi connectivity index (χ1n) is 17.6. The van der Waals surface area contributed by atoms with Crippen molar-refractivity contribution >= 4 is 0 Å². The van der Waals surface area contributed by atoms with E-state index in [4.69, 9.17) is 0 Å². The smallest absolute Gasteiger partial charge is 0.135 e. The normalized spacial score (nSPS) is 34.4. The van der Waals surface area contributed by atoms with E-state index >= 15 is 0 Å². The molecule has 3 aliphatic carbocycles. The Morgan fingerprint density at radius 1 is 1.02 bits per heavy atom. The Bertz CT molecular complexity index is 994. The molecule has 0 aromatic rings. The molecule has 4 nitrogen and oxygen atoms in total. The Kier molecular flexibility index (Phi) is 11.3. The highest BCUT2D eigenvalue weighted by Gasteiger charge is 2.42. The van der Waals surface area contributed by atoms with Crippen LogP contribution in [-0.4, -0.2) is 66.7 Å². The summed E-state index contributed by atoms with van der Waals surface area (Å²) in [4.78, 5) is 2.71. The highest BCUT2D eigenvalue weighted by molar-refractivity contribution is 5.42. The molecule has 5 rings (SSSR count). The number of aliphatic hydroxyl groups excluding tert-OH is 1. The minimum atomic E-state index is -1.33. The number of allylic oxidation sites excluding steroid dienone is 5. The van der Waals surface area contributed by atoms with E-state index in [0.717, 1.165) is 56.6 Å². The SMILES string of the molecule is CCCC1=C(C2=CC[C@H](F)[C@H](F)C2)[C@@H](C2CC2)C[C@@H](CN2CCC(NCCC3=C(CC)C[C@H](C(C)O)C(C)N3)CC2)C1. The summed E-state index contributed by atoms with van der Waals surface area (Å²) in [7, 11) is 0. The number of nitrogens with one attached hydrogen (secondary N) is 2. The van der Waals surface area contributed by atoms with Gasteiger partial charge in [0.05, 0.1) is 6.10 Å². The molecule has 6 heteroatoms. The predicted molar refractivity (Wildman–Crippen MR) is 170 cm³/mol. The van der Waals surface area contributed by atoms with Gasteiger partial charge in [-0.3, -0.25) is 0 Å². The quantitative estimate of drug-likeness (QED) is 0.223. The highest BCUT2D eigenvalue weighted by Crippen LogP contribution is 2.52. The van der Waals surface area contributed by atoms with Crippen LogP contribution in [0.1, 0.15) is 111 Å². The molecular weight excluding hydrogens is 528 g/mol. The maximum absolute atomic E-state index is 14.5. The number of rotatable bonds is 12. The summed E-state index contributed by atoms with van der Waals surface area (Å²) < 4.78 is 28.4. The fourth-order valence-corrected chi connectivity index (χ4v) is 8.74. The summed E-state index contributed by atoms with van der Waals surface area (Å²) in [5, 5.41) is 17.8. The van der Waals surface area contributed by atoms with Gasteiger partial charge < -0.3 is 20.6 Å². The number of halogens is 2. The highest BCUT2D eigenvalue weighted by atomic mass is 19.2.